The van der Waals surface area contributed by atoms with E-state index in [1.807, 2.05) is 4.90 Å². The van der Waals surface area contributed by atoms with Crippen LogP contribution in [-0.4, -0.2) is 137 Å². The fraction of sp³-hybridized carbons (Fsp3) is 0.372. The van der Waals surface area contributed by atoms with Gasteiger partial charge in [-0.2, -0.15) is 12.7 Å². The van der Waals surface area contributed by atoms with Gasteiger partial charge in [-0.15, -0.1) is 0 Å². The molecule has 64 heavy (non-hydrogen) atoms. The number of carbonyl (C=O) groups is 4. The number of likely N-dealkylation sites (tertiary alicyclic amines) is 1. The molecule has 2 unspecified atom stereocenters. The summed E-state index contributed by atoms with van der Waals surface area (Å²) in [5.41, 5.74) is 2.05. The molecule has 3 amide bonds. The minimum Gasteiger partial charge on any atom is -0.374 e. The van der Waals surface area contributed by atoms with E-state index < -0.39 is 52.1 Å². The van der Waals surface area contributed by atoms with Crippen molar-refractivity contribution in [2.75, 3.05) is 74.3 Å². The predicted molar refractivity (Wildman–Crippen MR) is 232 cm³/mol. The minimum absolute atomic E-state index is 0.127. The van der Waals surface area contributed by atoms with E-state index in [1.165, 1.54) is 36.3 Å². The van der Waals surface area contributed by atoms with Crippen LogP contribution in [0.3, 0.4) is 0 Å². The molecule has 336 valence electrons. The zero-order valence-corrected chi connectivity index (χ0v) is 35.8. The second kappa shape index (κ2) is 18.0. The van der Waals surface area contributed by atoms with Crippen LogP contribution in [0.5, 0.6) is 0 Å². The maximum absolute atomic E-state index is 15.6. The molecule has 2 aromatic carbocycles. The van der Waals surface area contributed by atoms with E-state index in [1.54, 1.807) is 60.7 Å². The van der Waals surface area contributed by atoms with Crippen molar-refractivity contribution in [2.45, 2.75) is 44.1 Å². The van der Waals surface area contributed by atoms with Crippen molar-refractivity contribution in [1.29, 1.82) is 0 Å². The number of alkyl halides is 2. The summed E-state index contributed by atoms with van der Waals surface area (Å²) in [5, 5.41) is 5.75. The van der Waals surface area contributed by atoms with Crippen molar-refractivity contribution >= 4 is 62.1 Å². The normalized spacial score (nSPS) is 19.5. The van der Waals surface area contributed by atoms with Crippen LogP contribution < -0.4 is 20.3 Å². The van der Waals surface area contributed by atoms with Crippen LogP contribution in [-0.2, 0) is 24.6 Å². The number of carbonyl (C=O) groups excluding carboxylic acids is 4. The molecular formula is C43H46F3N11O6S. The number of H-pyrrole nitrogens is 1. The lowest BCUT2D eigenvalue weighted by molar-refractivity contribution is -0.137. The molecule has 0 spiro atoms. The number of anilines is 3. The molecular weight excluding hydrogens is 856 g/mol. The highest BCUT2D eigenvalue weighted by Gasteiger charge is 2.46. The highest BCUT2D eigenvalue weighted by Crippen LogP contribution is 2.41. The molecule has 21 heteroatoms. The SMILES string of the molecule is CCN(C)S(=O)(=O)Nc1cccc(C(=O)c2c[nH]c3ncc(-c4cnc(N5CCN(C(=O)CN6CCC(c7ccc(NC8CCC(=O)NC8=O)cc7)C(F)(F)C6)CC5)nc4)cc23)c1F. The van der Waals surface area contributed by atoms with Gasteiger partial charge >= 0.3 is 10.2 Å². The Bertz CT molecular complexity index is 2690. The number of aromatic nitrogens is 4. The Morgan fingerprint density at radius 2 is 1.66 bits per heavy atom. The number of nitrogens with zero attached hydrogens (tertiary/aromatic N) is 7. The summed E-state index contributed by atoms with van der Waals surface area (Å²) < 4.78 is 75.0. The van der Waals surface area contributed by atoms with E-state index >= 15 is 13.2 Å². The number of aromatic amines is 1. The Morgan fingerprint density at radius 1 is 0.938 bits per heavy atom. The lowest BCUT2D eigenvalue weighted by Gasteiger charge is -2.40. The molecule has 0 saturated carbocycles. The minimum atomic E-state index is -4.04. The Hall–Kier alpha value is -6.45. The summed E-state index contributed by atoms with van der Waals surface area (Å²) in [5.74, 6) is -6.34. The van der Waals surface area contributed by atoms with Gasteiger partial charge in [-0.3, -0.25) is 34.1 Å². The first kappa shape index (κ1) is 44.2. The van der Waals surface area contributed by atoms with Crippen LogP contribution in [0.4, 0.5) is 30.5 Å². The van der Waals surface area contributed by atoms with Gasteiger partial charge < -0.3 is 20.1 Å². The van der Waals surface area contributed by atoms with Crippen molar-refractivity contribution in [3.05, 3.63) is 95.8 Å². The predicted octanol–water partition coefficient (Wildman–Crippen LogP) is 3.99. The van der Waals surface area contributed by atoms with E-state index in [0.29, 0.717) is 78.5 Å². The van der Waals surface area contributed by atoms with Gasteiger partial charge in [0.15, 0.2) is 11.6 Å². The first-order valence-corrected chi connectivity index (χ1v) is 22.2. The lowest BCUT2D eigenvalue weighted by atomic mass is 9.86. The first-order valence-electron chi connectivity index (χ1n) is 20.8. The number of rotatable bonds is 13. The zero-order chi connectivity index (χ0) is 45.3. The van der Waals surface area contributed by atoms with Crippen molar-refractivity contribution in [2.24, 2.45) is 0 Å². The van der Waals surface area contributed by atoms with E-state index in [4.69, 9.17) is 0 Å². The van der Waals surface area contributed by atoms with Gasteiger partial charge in [-0.05, 0) is 55.3 Å². The number of pyridine rings is 1. The van der Waals surface area contributed by atoms with Crippen molar-refractivity contribution < 1.29 is 40.8 Å². The smallest absolute Gasteiger partial charge is 0.301 e. The summed E-state index contributed by atoms with van der Waals surface area (Å²) in [4.78, 5) is 72.0. The van der Waals surface area contributed by atoms with Gasteiger partial charge in [-0.1, -0.05) is 25.1 Å². The summed E-state index contributed by atoms with van der Waals surface area (Å²) in [7, 11) is -2.70. The Balaban J connectivity index is 0.843. The van der Waals surface area contributed by atoms with Gasteiger partial charge in [0.2, 0.25) is 23.7 Å². The third kappa shape index (κ3) is 9.27. The number of piperazine rings is 1. The second-order valence-electron chi connectivity index (χ2n) is 16.1. The number of hydrogen-bond acceptors (Lipinski definition) is 12. The molecule has 3 aromatic heterocycles. The molecule has 5 aromatic rings. The van der Waals surface area contributed by atoms with Crippen LogP contribution in [0.25, 0.3) is 22.2 Å². The van der Waals surface area contributed by atoms with E-state index in [0.717, 1.165) is 4.31 Å². The van der Waals surface area contributed by atoms with Crippen LogP contribution in [0.1, 0.15) is 53.6 Å². The second-order valence-corrected chi connectivity index (χ2v) is 17.8. The highest BCUT2D eigenvalue weighted by molar-refractivity contribution is 7.90. The fourth-order valence-corrected chi connectivity index (χ4v) is 9.08. The number of fused-ring (bicyclic) bond motifs is 1. The topological polar surface area (TPSA) is 206 Å². The molecule has 8 rings (SSSR count). The van der Waals surface area contributed by atoms with Gasteiger partial charge in [0.25, 0.3) is 5.92 Å². The quantitative estimate of drug-likeness (QED) is 0.0979. The van der Waals surface area contributed by atoms with Crippen molar-refractivity contribution in [3.63, 3.8) is 0 Å². The standard InChI is InChI=1S/C43H46F3N11O6S/c1-3-54(2)64(62,63)53-34-6-4-5-30(38(34)44)39(60)32-23-48-40-31(32)19-27(20-47-40)28-21-49-42(50-22-28)57-17-15-56(16-18-57)37(59)24-55-14-13-33(43(45,46)25-55)26-7-9-29(10-8-26)51-35-11-12-36(58)52-41(35)61/h4-10,19-23,33,35,51,53H,3,11-18,24-25H2,1-2H3,(H,47,48)(H,52,58,61). The summed E-state index contributed by atoms with van der Waals surface area (Å²) in [6.45, 7) is 2.98. The number of imide groups is 1. The van der Waals surface area contributed by atoms with E-state index in [2.05, 4.69) is 35.3 Å². The number of ketones is 1. The third-order valence-electron chi connectivity index (χ3n) is 11.9. The number of amides is 3. The number of piperidine rings is 2. The summed E-state index contributed by atoms with van der Waals surface area (Å²) >= 11 is 0. The average Bonchev–Trinajstić information content (AvgIpc) is 3.71. The third-order valence-corrected chi connectivity index (χ3v) is 13.5. The molecule has 3 fully saturated rings. The first-order chi connectivity index (χ1) is 30.6. The maximum Gasteiger partial charge on any atom is 0.301 e. The zero-order valence-electron chi connectivity index (χ0n) is 35.0. The lowest BCUT2D eigenvalue weighted by Crippen LogP contribution is -2.54. The molecule has 3 aliphatic rings. The molecule has 0 radical (unpaired) electrons. The van der Waals surface area contributed by atoms with Crippen LogP contribution in [0, 0.1) is 5.82 Å². The van der Waals surface area contributed by atoms with Gasteiger partial charge in [0.1, 0.15) is 11.7 Å². The number of benzene rings is 2. The number of nitrogens with one attached hydrogen (secondary N) is 4. The Morgan fingerprint density at radius 3 is 2.34 bits per heavy atom. The van der Waals surface area contributed by atoms with Crippen molar-refractivity contribution in [3.8, 4) is 11.1 Å². The molecule has 4 N–H and O–H groups in total. The average molecular weight is 902 g/mol. The highest BCUT2D eigenvalue weighted by atomic mass is 32.2. The van der Waals surface area contributed by atoms with Gasteiger partial charge in [0.05, 0.1) is 30.3 Å². The monoisotopic (exact) mass is 901 g/mol. The van der Waals surface area contributed by atoms with E-state index in [9.17, 15) is 27.6 Å². The van der Waals surface area contributed by atoms with Crippen molar-refractivity contribution in [1.82, 2.24) is 39.4 Å². The maximum atomic E-state index is 15.6. The van der Waals surface area contributed by atoms with Crippen LogP contribution >= 0.6 is 0 Å². The van der Waals surface area contributed by atoms with Crippen LogP contribution in [0.15, 0.2) is 73.3 Å². The molecule has 0 bridgehead atoms. The van der Waals surface area contributed by atoms with Crippen LogP contribution in [0.2, 0.25) is 0 Å². The Labute approximate surface area is 366 Å². The summed E-state index contributed by atoms with van der Waals surface area (Å²) in [6, 6.07) is 11.6. The van der Waals surface area contributed by atoms with Gasteiger partial charge in [-0.25, -0.2) is 28.1 Å². The molecule has 3 saturated heterocycles. The Kier molecular flexibility index (Phi) is 12.4. The molecule has 3 aliphatic heterocycles. The van der Waals surface area contributed by atoms with E-state index in [-0.39, 0.29) is 54.6 Å². The number of hydrogen-bond donors (Lipinski definition) is 4. The molecule has 17 nitrogen and oxygen atoms in total. The largest absolute Gasteiger partial charge is 0.374 e. The summed E-state index contributed by atoms with van der Waals surface area (Å²) in [6.07, 6.45) is 6.95. The number of halogens is 3. The molecule has 0 aliphatic carbocycles. The fourth-order valence-electron chi connectivity index (χ4n) is 8.15. The molecule has 2 atom stereocenters. The van der Waals surface area contributed by atoms with Gasteiger partial charge in [0, 0.05) is 98.7 Å². The molecule has 6 heterocycles.